The molecule has 0 spiro atoms. The molecule has 0 radical (unpaired) electrons. The van der Waals surface area contributed by atoms with Crippen molar-refractivity contribution in [1.82, 2.24) is 0 Å². The van der Waals surface area contributed by atoms with Gasteiger partial charge >= 0.3 is 0 Å². The van der Waals surface area contributed by atoms with Crippen molar-refractivity contribution >= 4 is 0 Å². The summed E-state index contributed by atoms with van der Waals surface area (Å²) in [6.45, 7) is 2.77. The molecule has 3 rings (SSSR count). The molecule has 116 valence electrons. The highest BCUT2D eigenvalue weighted by Crippen LogP contribution is 2.40. The molecule has 1 N–H and O–H groups in total. The number of hydrogen-bond donors (Lipinski definition) is 1. The Balaban J connectivity index is 1.87. The van der Waals surface area contributed by atoms with Crippen LogP contribution in [0.15, 0.2) is 36.4 Å². The van der Waals surface area contributed by atoms with Crippen LogP contribution in [0.2, 0.25) is 0 Å². The van der Waals surface area contributed by atoms with E-state index in [1.807, 2.05) is 19.1 Å². The quantitative estimate of drug-likeness (QED) is 0.934. The summed E-state index contributed by atoms with van der Waals surface area (Å²) < 4.78 is 23.8. The summed E-state index contributed by atoms with van der Waals surface area (Å²) in [6.07, 6.45) is 0.711. The zero-order valence-corrected chi connectivity index (χ0v) is 12.2. The highest BCUT2D eigenvalue weighted by Gasteiger charge is 2.24. The maximum Gasteiger partial charge on any atom is 0.214 e. The minimum Gasteiger partial charge on any atom is -0.508 e. The molecule has 5 heteroatoms. The van der Waals surface area contributed by atoms with E-state index in [-0.39, 0.29) is 17.4 Å². The Morgan fingerprint density at radius 2 is 2.00 bits per heavy atom. The lowest BCUT2D eigenvalue weighted by molar-refractivity contribution is -0.00973. The molecular weight excluding hydrogens is 287 g/mol. The number of rotatable bonds is 4. The van der Waals surface area contributed by atoms with Gasteiger partial charge in [0, 0.05) is 16.5 Å². The number of phenols is 1. The summed E-state index contributed by atoms with van der Waals surface area (Å²) in [5.41, 5.74) is 1.94. The smallest absolute Gasteiger partial charge is 0.214 e. The number of halogens is 1. The average Bonchev–Trinajstić information content (AvgIpc) is 2.55. The second kappa shape index (κ2) is 6.13. The van der Waals surface area contributed by atoms with Crippen molar-refractivity contribution < 1.29 is 24.0 Å². The van der Waals surface area contributed by atoms with Gasteiger partial charge in [0.05, 0.1) is 13.2 Å². The van der Waals surface area contributed by atoms with Gasteiger partial charge < -0.3 is 14.6 Å². The third-order valence-corrected chi connectivity index (χ3v) is 3.78. The largest absolute Gasteiger partial charge is 0.508 e. The Bertz CT molecular complexity index is 654. The van der Waals surface area contributed by atoms with Crippen molar-refractivity contribution in [3.63, 3.8) is 0 Å². The molecule has 4 nitrogen and oxygen atoms in total. The minimum atomic E-state index is 0.0653. The van der Waals surface area contributed by atoms with Crippen molar-refractivity contribution in [2.45, 2.75) is 19.3 Å². The maximum atomic E-state index is 12.7. The third kappa shape index (κ3) is 2.79. The van der Waals surface area contributed by atoms with E-state index >= 15 is 0 Å². The first-order valence-corrected chi connectivity index (χ1v) is 7.21. The SMILES string of the molecule is CCOc1cc2c(cc1OF)CC(c1ccc(O)cc1)CO2. The van der Waals surface area contributed by atoms with E-state index in [1.54, 1.807) is 24.3 Å². The molecule has 0 bridgehead atoms. The fourth-order valence-corrected chi connectivity index (χ4v) is 2.68. The fourth-order valence-electron chi connectivity index (χ4n) is 2.68. The number of benzene rings is 2. The molecule has 0 aliphatic carbocycles. The second-order valence-corrected chi connectivity index (χ2v) is 5.22. The van der Waals surface area contributed by atoms with Crippen molar-refractivity contribution in [1.29, 1.82) is 0 Å². The molecule has 1 unspecified atom stereocenters. The van der Waals surface area contributed by atoms with Gasteiger partial charge in [0.15, 0.2) is 5.75 Å². The fraction of sp³-hybridized carbons (Fsp3) is 0.294. The summed E-state index contributed by atoms with van der Waals surface area (Å²) in [5, 5.41) is 9.36. The number of aromatic hydroxyl groups is 1. The van der Waals surface area contributed by atoms with E-state index in [1.165, 1.54) is 0 Å². The first-order valence-electron chi connectivity index (χ1n) is 7.21. The Hall–Kier alpha value is -2.43. The topological polar surface area (TPSA) is 47.9 Å². The van der Waals surface area contributed by atoms with Crippen LogP contribution >= 0.6 is 0 Å². The van der Waals surface area contributed by atoms with E-state index in [4.69, 9.17) is 9.47 Å². The molecule has 2 aromatic rings. The Morgan fingerprint density at radius 3 is 2.68 bits per heavy atom. The molecule has 1 aliphatic heterocycles. The van der Waals surface area contributed by atoms with E-state index < -0.39 is 0 Å². The second-order valence-electron chi connectivity index (χ2n) is 5.22. The van der Waals surface area contributed by atoms with E-state index in [0.717, 1.165) is 11.1 Å². The van der Waals surface area contributed by atoms with E-state index in [0.29, 0.717) is 31.1 Å². The van der Waals surface area contributed by atoms with Gasteiger partial charge in [-0.25, -0.2) is 0 Å². The van der Waals surface area contributed by atoms with Crippen LogP contribution in [0.5, 0.6) is 23.0 Å². The van der Waals surface area contributed by atoms with Crippen LogP contribution in [-0.4, -0.2) is 18.3 Å². The lowest BCUT2D eigenvalue weighted by atomic mass is 9.90. The van der Waals surface area contributed by atoms with Gasteiger partial charge in [0.25, 0.3) is 0 Å². The van der Waals surface area contributed by atoms with Crippen molar-refractivity contribution in [3.05, 3.63) is 47.5 Å². The highest BCUT2D eigenvalue weighted by atomic mass is 19.3. The first kappa shape index (κ1) is 14.5. The highest BCUT2D eigenvalue weighted by molar-refractivity contribution is 5.52. The van der Waals surface area contributed by atoms with Crippen molar-refractivity contribution in [2.75, 3.05) is 13.2 Å². The zero-order chi connectivity index (χ0) is 15.5. The summed E-state index contributed by atoms with van der Waals surface area (Å²) in [5.74, 6) is 1.48. The summed E-state index contributed by atoms with van der Waals surface area (Å²) in [6, 6.07) is 10.3. The van der Waals surface area contributed by atoms with Crippen LogP contribution in [0.4, 0.5) is 4.53 Å². The first-order chi connectivity index (χ1) is 10.7. The van der Waals surface area contributed by atoms with Gasteiger partial charge in [-0.05, 0) is 42.7 Å². The average molecular weight is 304 g/mol. The predicted molar refractivity (Wildman–Crippen MR) is 79.4 cm³/mol. The maximum absolute atomic E-state index is 12.7. The number of ether oxygens (including phenoxy) is 2. The Kier molecular flexibility index (Phi) is 4.04. The van der Waals surface area contributed by atoms with Gasteiger partial charge in [-0.15, -0.1) is 0 Å². The zero-order valence-electron chi connectivity index (χ0n) is 12.2. The monoisotopic (exact) mass is 304 g/mol. The lowest BCUT2D eigenvalue weighted by Gasteiger charge is -2.26. The standard InChI is InChI=1S/C17H17FO4/c1-2-20-16-9-15-12(8-17(16)22-18)7-13(10-21-15)11-3-5-14(19)6-4-11/h3-6,8-9,13,19H,2,7,10H2,1H3. The van der Waals surface area contributed by atoms with E-state index in [2.05, 4.69) is 4.94 Å². The van der Waals surface area contributed by atoms with Crippen LogP contribution in [0.25, 0.3) is 0 Å². The normalized spacial score (nSPS) is 16.5. The number of fused-ring (bicyclic) bond motifs is 1. The van der Waals surface area contributed by atoms with Gasteiger partial charge in [-0.3, -0.25) is 4.94 Å². The molecule has 1 atom stereocenters. The molecule has 0 amide bonds. The molecule has 22 heavy (non-hydrogen) atoms. The van der Waals surface area contributed by atoms with Crippen LogP contribution in [0.3, 0.4) is 0 Å². The molecule has 2 aromatic carbocycles. The Labute approximate surface area is 128 Å². The number of hydrogen-bond acceptors (Lipinski definition) is 4. The van der Waals surface area contributed by atoms with Gasteiger partial charge in [0.2, 0.25) is 5.75 Å². The van der Waals surface area contributed by atoms with Crippen LogP contribution in [0, 0.1) is 0 Å². The predicted octanol–water partition coefficient (Wildman–Crippen LogP) is 3.77. The molecular formula is C17H17FO4. The van der Waals surface area contributed by atoms with Crippen LogP contribution in [0.1, 0.15) is 24.0 Å². The summed E-state index contributed by atoms with van der Waals surface area (Å²) in [7, 11) is 0. The Morgan fingerprint density at radius 1 is 1.23 bits per heavy atom. The van der Waals surface area contributed by atoms with Gasteiger partial charge in [-0.1, -0.05) is 12.1 Å². The molecule has 1 aliphatic rings. The third-order valence-electron chi connectivity index (χ3n) is 3.78. The van der Waals surface area contributed by atoms with Crippen LogP contribution < -0.4 is 14.4 Å². The van der Waals surface area contributed by atoms with Gasteiger partial charge in [0.1, 0.15) is 11.5 Å². The summed E-state index contributed by atoms with van der Waals surface area (Å²) in [4.78, 5) is 3.91. The van der Waals surface area contributed by atoms with Crippen LogP contribution in [-0.2, 0) is 6.42 Å². The lowest BCUT2D eigenvalue weighted by Crippen LogP contribution is -2.19. The molecule has 0 saturated heterocycles. The minimum absolute atomic E-state index is 0.0653. The van der Waals surface area contributed by atoms with Crippen molar-refractivity contribution in [3.8, 4) is 23.0 Å². The van der Waals surface area contributed by atoms with E-state index in [9.17, 15) is 9.63 Å². The molecule has 1 heterocycles. The number of phenolic OH excluding ortho intramolecular Hbond substituents is 1. The molecule has 0 aromatic heterocycles. The molecule has 0 saturated carbocycles. The summed E-state index contributed by atoms with van der Waals surface area (Å²) >= 11 is 0. The van der Waals surface area contributed by atoms with Gasteiger partial charge in [-0.2, -0.15) is 0 Å². The van der Waals surface area contributed by atoms with Crippen molar-refractivity contribution in [2.24, 2.45) is 0 Å². The molecule has 0 fully saturated rings.